The van der Waals surface area contributed by atoms with Gasteiger partial charge in [-0.3, -0.25) is 4.57 Å². The number of nitrogens with zero attached hydrogens (tertiary/aromatic N) is 4. The number of rotatable bonds is 4. The SMILES string of the molecule is C[n+]1[c-]n(-c2[c-]c(Oc3[c-]c(-n4[c-][n+]5c6c(cccc64)-c4ccccc4-c4ccccc4-c4ccccc4-5)ccc3)ccc2)c2ccccc21.[Pt+4]. The Hall–Kier alpha value is -6.03. The molecule has 7 aromatic carbocycles. The first-order valence-electron chi connectivity index (χ1n) is 16.6. The van der Waals surface area contributed by atoms with Gasteiger partial charge >= 0.3 is 21.1 Å². The molecule has 242 valence electrons. The fourth-order valence-electron chi connectivity index (χ4n) is 7.28. The van der Waals surface area contributed by atoms with Crippen LogP contribution in [0.2, 0.25) is 0 Å². The van der Waals surface area contributed by atoms with Crippen LogP contribution in [0.1, 0.15) is 0 Å². The van der Waals surface area contributed by atoms with E-state index >= 15 is 0 Å². The van der Waals surface area contributed by atoms with Gasteiger partial charge < -0.3 is 18.4 Å². The van der Waals surface area contributed by atoms with E-state index in [0.717, 1.165) is 50.3 Å². The van der Waals surface area contributed by atoms with Crippen LogP contribution in [-0.4, -0.2) is 9.13 Å². The molecule has 0 aliphatic carbocycles. The van der Waals surface area contributed by atoms with E-state index < -0.39 is 0 Å². The Morgan fingerprint density at radius 2 is 0.961 bits per heavy atom. The summed E-state index contributed by atoms with van der Waals surface area (Å²) in [5, 5.41) is 0. The molecule has 0 N–H and O–H groups in total. The third kappa shape index (κ3) is 5.04. The van der Waals surface area contributed by atoms with Crippen molar-refractivity contribution in [2.75, 3.05) is 0 Å². The van der Waals surface area contributed by atoms with Crippen molar-refractivity contribution in [3.8, 4) is 61.9 Å². The largest absolute Gasteiger partial charge is 4.00 e. The summed E-state index contributed by atoms with van der Waals surface area (Å²) in [5.41, 5.74) is 14.0. The number of fused-ring (bicyclic) bond motifs is 8. The van der Waals surface area contributed by atoms with Crippen LogP contribution in [0.15, 0.2) is 152 Å². The van der Waals surface area contributed by atoms with Crippen LogP contribution in [0.25, 0.3) is 72.5 Å². The van der Waals surface area contributed by atoms with Crippen molar-refractivity contribution in [1.29, 1.82) is 0 Å². The van der Waals surface area contributed by atoms with Crippen LogP contribution in [0.3, 0.4) is 0 Å². The number of aryl methyl sites for hydroxylation is 1. The molecule has 0 atom stereocenters. The zero-order valence-corrected chi connectivity index (χ0v) is 29.7. The van der Waals surface area contributed by atoms with Crippen LogP contribution in [0, 0.1) is 24.8 Å². The smallest absolute Gasteiger partial charge is 0.510 e. The molecular weight excluding hydrogens is 808 g/mol. The van der Waals surface area contributed by atoms with Gasteiger partial charge in [0.15, 0.2) is 0 Å². The molecule has 51 heavy (non-hydrogen) atoms. The van der Waals surface area contributed by atoms with Crippen molar-refractivity contribution in [2.24, 2.45) is 7.05 Å². The van der Waals surface area contributed by atoms with Crippen LogP contribution in [0.4, 0.5) is 0 Å². The standard InChI is InChI=1S/C45H28N4O.Pt/c1-46-29-47(43-25-9-8-24-42(43)46)31-13-10-15-33(27-31)50-34-16-11-14-32(28-34)48-30-49-41-23-7-6-21-39(41)37-19-4-2-17-35(37)36-18-3-5-20-38(36)40-22-12-26-44(48)45(40)49;/h2-26H,1H3;/q-2;+4. The maximum Gasteiger partial charge on any atom is 4.00 e. The quantitative estimate of drug-likeness (QED) is 0.129. The Kier molecular flexibility index (Phi) is 7.52. The number of hydrogen-bond acceptors (Lipinski definition) is 1. The average molecular weight is 836 g/mol. The number of imidazole rings is 2. The first-order valence-corrected chi connectivity index (χ1v) is 16.6. The Morgan fingerprint density at radius 1 is 0.471 bits per heavy atom. The molecule has 0 unspecified atom stereocenters. The van der Waals surface area contributed by atoms with E-state index in [9.17, 15) is 0 Å². The molecule has 0 spiro atoms. The third-order valence-electron chi connectivity index (χ3n) is 9.49. The van der Waals surface area contributed by atoms with Gasteiger partial charge in [-0.25, -0.2) is 0 Å². The number of hydrogen-bond donors (Lipinski definition) is 0. The molecular formula is C45H28N4OPt+2. The van der Waals surface area contributed by atoms with Crippen LogP contribution in [0.5, 0.6) is 11.5 Å². The van der Waals surface area contributed by atoms with Crippen molar-refractivity contribution < 1.29 is 34.9 Å². The van der Waals surface area contributed by atoms with Gasteiger partial charge in [0.05, 0.1) is 34.8 Å². The molecule has 0 saturated heterocycles. The minimum absolute atomic E-state index is 0. The number of ether oxygens (including phenoxy) is 1. The summed E-state index contributed by atoms with van der Waals surface area (Å²) in [6.07, 6.45) is 7.12. The van der Waals surface area contributed by atoms with E-state index in [1.165, 1.54) is 22.3 Å². The second-order valence-corrected chi connectivity index (χ2v) is 12.4. The molecule has 5 nitrogen and oxygen atoms in total. The average Bonchev–Trinajstić information content (AvgIpc) is 3.74. The van der Waals surface area contributed by atoms with E-state index in [0.29, 0.717) is 11.5 Å². The maximum absolute atomic E-state index is 6.42. The van der Waals surface area contributed by atoms with Gasteiger partial charge in [0, 0.05) is 11.5 Å². The topological polar surface area (TPSA) is 26.8 Å². The Bertz CT molecular complexity index is 2780. The van der Waals surface area contributed by atoms with Crippen molar-refractivity contribution in [1.82, 2.24) is 9.13 Å². The zero-order valence-electron chi connectivity index (χ0n) is 27.4. The summed E-state index contributed by atoms with van der Waals surface area (Å²) in [7, 11) is 2.00. The monoisotopic (exact) mass is 835 g/mol. The fraction of sp³-hybridized carbons (Fsp3) is 0.0222. The molecule has 0 fully saturated rings. The molecule has 9 aromatic rings. The van der Waals surface area contributed by atoms with E-state index in [-0.39, 0.29) is 21.1 Å². The molecule has 0 radical (unpaired) electrons. The molecule has 1 aliphatic rings. The van der Waals surface area contributed by atoms with E-state index in [1.54, 1.807) is 0 Å². The van der Waals surface area contributed by atoms with Crippen molar-refractivity contribution >= 4 is 22.1 Å². The van der Waals surface area contributed by atoms with Gasteiger partial charge in [0.25, 0.3) is 6.33 Å². The molecule has 10 rings (SSSR count). The van der Waals surface area contributed by atoms with E-state index in [4.69, 9.17) is 4.74 Å². The number of aromatic nitrogens is 4. The summed E-state index contributed by atoms with van der Waals surface area (Å²) in [6, 6.07) is 59.5. The zero-order chi connectivity index (χ0) is 33.2. The van der Waals surface area contributed by atoms with E-state index in [2.05, 4.69) is 137 Å². The van der Waals surface area contributed by atoms with Crippen molar-refractivity contribution in [3.05, 3.63) is 176 Å². The van der Waals surface area contributed by atoms with Gasteiger partial charge in [0.2, 0.25) is 6.33 Å². The van der Waals surface area contributed by atoms with Gasteiger partial charge in [0.1, 0.15) is 0 Å². The van der Waals surface area contributed by atoms with Crippen molar-refractivity contribution in [3.63, 3.8) is 0 Å². The van der Waals surface area contributed by atoms with Crippen LogP contribution < -0.4 is 13.9 Å². The van der Waals surface area contributed by atoms with Crippen LogP contribution in [-0.2, 0) is 28.1 Å². The van der Waals surface area contributed by atoms with Gasteiger partial charge in [-0.15, -0.1) is 24.3 Å². The maximum atomic E-state index is 6.42. The minimum Gasteiger partial charge on any atom is -0.510 e. The second-order valence-electron chi connectivity index (χ2n) is 12.4. The second kappa shape index (κ2) is 12.4. The normalized spacial score (nSPS) is 11.5. The Balaban J connectivity index is 0.00000348. The van der Waals surface area contributed by atoms with Crippen molar-refractivity contribution in [2.45, 2.75) is 0 Å². The number of para-hydroxylation sites is 4. The van der Waals surface area contributed by atoms with Gasteiger partial charge in [-0.2, -0.15) is 24.3 Å². The third-order valence-corrected chi connectivity index (χ3v) is 9.49. The molecule has 0 amide bonds. The first-order chi connectivity index (χ1) is 24.7. The van der Waals surface area contributed by atoms with Gasteiger partial charge in [-0.05, 0) is 45.1 Å². The molecule has 3 heterocycles. The van der Waals surface area contributed by atoms with E-state index in [1.807, 2.05) is 64.7 Å². The van der Waals surface area contributed by atoms with Gasteiger partial charge in [-0.1, -0.05) is 115 Å². The molecule has 6 heteroatoms. The molecule has 0 bridgehead atoms. The summed E-state index contributed by atoms with van der Waals surface area (Å²) in [4.78, 5) is 0. The Morgan fingerprint density at radius 3 is 1.65 bits per heavy atom. The molecule has 1 aliphatic heterocycles. The summed E-state index contributed by atoms with van der Waals surface area (Å²) < 4.78 is 14.7. The first kappa shape index (κ1) is 31.0. The summed E-state index contributed by atoms with van der Waals surface area (Å²) in [5.74, 6) is 1.18. The fourth-order valence-corrected chi connectivity index (χ4v) is 7.28. The summed E-state index contributed by atoms with van der Waals surface area (Å²) >= 11 is 0. The molecule has 2 aromatic heterocycles. The van der Waals surface area contributed by atoms with Crippen LogP contribution >= 0.6 is 0 Å². The molecule has 0 saturated carbocycles. The number of benzene rings is 7. The predicted octanol–water partition coefficient (Wildman–Crippen LogP) is 8.98. The Labute approximate surface area is 310 Å². The summed E-state index contributed by atoms with van der Waals surface area (Å²) in [6.45, 7) is 0. The minimum atomic E-state index is 0. The predicted molar refractivity (Wildman–Crippen MR) is 195 cm³/mol.